The smallest absolute Gasteiger partial charge is 0.351 e. The molecule has 55 heavy (non-hydrogen) atoms. The van der Waals surface area contributed by atoms with Crippen LogP contribution in [0.25, 0.3) is 0 Å². The number of hydrogen-bond acceptors (Lipinski definition) is 15. The second-order valence-corrected chi connectivity index (χ2v) is 12.9. The highest BCUT2D eigenvalue weighted by Gasteiger charge is 2.50. The van der Waals surface area contributed by atoms with Crippen LogP contribution in [0.4, 0.5) is 0 Å². The fourth-order valence-electron chi connectivity index (χ4n) is 4.98. The summed E-state index contributed by atoms with van der Waals surface area (Å²) in [5, 5.41) is 10.3. The standard InChI is InChI=1S/C39H68O16/c1-6-10-14-18-30(40)52-34(36(38(44)45)54-32(42)20-16-12-8-3)35(53-31(41)19-15-11-7-2)37(55-33(43)21-17-13-9-4)39(46)51-29-28-50-27-26-49-25-24-48-23-22-47-5/h34-37H,6-29H2,1-5H3,(H,44,45). The van der Waals surface area contributed by atoms with E-state index < -0.39 is 60.2 Å². The molecular weight excluding hydrogens is 724 g/mol. The van der Waals surface area contributed by atoms with Crippen LogP contribution in [0.3, 0.4) is 0 Å². The van der Waals surface area contributed by atoms with Gasteiger partial charge < -0.3 is 47.7 Å². The maximum atomic E-state index is 13.8. The molecule has 0 saturated heterocycles. The zero-order chi connectivity index (χ0) is 41.1. The van der Waals surface area contributed by atoms with Crippen LogP contribution in [-0.2, 0) is 71.4 Å². The molecule has 1 N–H and O–H groups in total. The van der Waals surface area contributed by atoms with Gasteiger partial charge in [0, 0.05) is 32.8 Å². The molecular formula is C39H68O16. The molecule has 0 aromatic heterocycles. The number of hydrogen-bond donors (Lipinski definition) is 1. The third kappa shape index (κ3) is 27.0. The summed E-state index contributed by atoms with van der Waals surface area (Å²) in [5.41, 5.74) is 0. The summed E-state index contributed by atoms with van der Waals surface area (Å²) in [5.74, 6) is -6.49. The van der Waals surface area contributed by atoms with Gasteiger partial charge in [0.1, 0.15) is 6.61 Å². The summed E-state index contributed by atoms with van der Waals surface area (Å²) in [6, 6.07) is 0. The lowest BCUT2D eigenvalue weighted by atomic mass is 10.0. The molecule has 0 aliphatic carbocycles. The van der Waals surface area contributed by atoms with Gasteiger partial charge in [0.25, 0.3) is 0 Å². The largest absolute Gasteiger partial charge is 0.478 e. The Labute approximate surface area is 326 Å². The highest BCUT2D eigenvalue weighted by molar-refractivity contribution is 5.83. The molecule has 0 aromatic rings. The molecule has 16 nitrogen and oxygen atoms in total. The first-order chi connectivity index (χ1) is 26.6. The third-order valence-electron chi connectivity index (χ3n) is 8.03. The summed E-state index contributed by atoms with van der Waals surface area (Å²) in [4.78, 5) is 79.0. The first-order valence-corrected chi connectivity index (χ1v) is 19.9. The van der Waals surface area contributed by atoms with Crippen molar-refractivity contribution in [2.45, 2.75) is 155 Å². The van der Waals surface area contributed by atoms with Crippen molar-refractivity contribution in [3.05, 3.63) is 0 Å². The van der Waals surface area contributed by atoms with E-state index in [4.69, 9.17) is 42.6 Å². The van der Waals surface area contributed by atoms with E-state index >= 15 is 0 Å². The van der Waals surface area contributed by atoms with Crippen molar-refractivity contribution in [1.82, 2.24) is 0 Å². The quantitative estimate of drug-likeness (QED) is 0.0483. The molecule has 0 radical (unpaired) electrons. The van der Waals surface area contributed by atoms with E-state index in [-0.39, 0.29) is 52.1 Å². The van der Waals surface area contributed by atoms with Crippen LogP contribution in [0.1, 0.15) is 130 Å². The van der Waals surface area contributed by atoms with Gasteiger partial charge in [-0.1, -0.05) is 79.1 Å². The lowest BCUT2D eigenvalue weighted by Crippen LogP contribution is -2.56. The molecule has 0 aliphatic rings. The van der Waals surface area contributed by atoms with Crippen LogP contribution >= 0.6 is 0 Å². The average molecular weight is 793 g/mol. The molecule has 0 rings (SSSR count). The number of ether oxygens (including phenoxy) is 9. The molecule has 0 spiro atoms. The topological polar surface area (TPSA) is 206 Å². The van der Waals surface area contributed by atoms with Crippen LogP contribution in [-0.4, -0.2) is 125 Å². The molecule has 4 unspecified atom stereocenters. The molecule has 0 fully saturated rings. The summed E-state index contributed by atoms with van der Waals surface area (Å²) in [6.07, 6.45) is -1.66. The predicted octanol–water partition coefficient (Wildman–Crippen LogP) is 5.28. The fourth-order valence-corrected chi connectivity index (χ4v) is 4.98. The molecule has 4 atom stereocenters. The maximum absolute atomic E-state index is 13.8. The van der Waals surface area contributed by atoms with Crippen molar-refractivity contribution in [2.24, 2.45) is 0 Å². The summed E-state index contributed by atoms with van der Waals surface area (Å²) < 4.78 is 48.8. The van der Waals surface area contributed by atoms with Crippen LogP contribution in [0.5, 0.6) is 0 Å². The number of carboxylic acid groups (broad SMARTS) is 1. The lowest BCUT2D eigenvalue weighted by molar-refractivity contribution is -0.210. The van der Waals surface area contributed by atoms with Gasteiger partial charge in [0.15, 0.2) is 12.2 Å². The number of carboxylic acids is 1. The number of unbranched alkanes of at least 4 members (excludes halogenated alkanes) is 8. The molecule has 0 saturated carbocycles. The van der Waals surface area contributed by atoms with Gasteiger partial charge in [0.2, 0.25) is 12.2 Å². The van der Waals surface area contributed by atoms with Crippen molar-refractivity contribution in [3.63, 3.8) is 0 Å². The van der Waals surface area contributed by atoms with Crippen molar-refractivity contribution < 1.29 is 76.5 Å². The minimum Gasteiger partial charge on any atom is -0.478 e. The van der Waals surface area contributed by atoms with Crippen LogP contribution in [0.15, 0.2) is 0 Å². The van der Waals surface area contributed by atoms with Gasteiger partial charge in [0.05, 0.1) is 46.2 Å². The summed E-state index contributed by atoms with van der Waals surface area (Å²) in [6.45, 7) is 9.28. The van der Waals surface area contributed by atoms with Gasteiger partial charge in [-0.05, 0) is 25.7 Å². The van der Waals surface area contributed by atoms with E-state index in [1.54, 1.807) is 7.11 Å². The van der Waals surface area contributed by atoms with Crippen molar-refractivity contribution >= 4 is 35.8 Å². The molecule has 320 valence electrons. The van der Waals surface area contributed by atoms with E-state index in [9.17, 15) is 33.9 Å². The summed E-state index contributed by atoms with van der Waals surface area (Å²) >= 11 is 0. The SMILES string of the molecule is CCCCCC(=O)OC(C(=O)O)C(OC(=O)CCCCC)C(OC(=O)CCCCC)C(OC(=O)CCCCC)C(=O)OCCOCCOCCOCCOC. The second kappa shape index (κ2) is 35.1. The molecule has 0 aromatic carbocycles. The van der Waals surface area contributed by atoms with Gasteiger partial charge in [-0.2, -0.15) is 0 Å². The van der Waals surface area contributed by atoms with Gasteiger partial charge in [-0.25, -0.2) is 9.59 Å². The van der Waals surface area contributed by atoms with Crippen LogP contribution in [0.2, 0.25) is 0 Å². The first-order valence-electron chi connectivity index (χ1n) is 19.9. The number of esters is 5. The molecule has 0 amide bonds. The fraction of sp³-hybridized carbons (Fsp3) is 0.846. The Bertz CT molecular complexity index is 1050. The number of methoxy groups -OCH3 is 1. The molecule has 16 heteroatoms. The Balaban J connectivity index is 6.49. The molecule has 0 heterocycles. The van der Waals surface area contributed by atoms with E-state index in [2.05, 4.69) is 0 Å². The highest BCUT2D eigenvalue weighted by Crippen LogP contribution is 2.24. The van der Waals surface area contributed by atoms with E-state index in [0.29, 0.717) is 77.8 Å². The predicted molar refractivity (Wildman–Crippen MR) is 199 cm³/mol. The zero-order valence-electron chi connectivity index (χ0n) is 33.9. The number of rotatable bonds is 37. The minimum absolute atomic E-state index is 0.0962. The van der Waals surface area contributed by atoms with Crippen molar-refractivity contribution in [3.8, 4) is 0 Å². The maximum Gasteiger partial charge on any atom is 0.351 e. The number of carbonyl (C=O) groups excluding carboxylic acids is 5. The Morgan fingerprint density at radius 2 is 0.764 bits per heavy atom. The third-order valence-corrected chi connectivity index (χ3v) is 8.03. The molecule has 0 bridgehead atoms. The number of carbonyl (C=O) groups is 6. The Kier molecular flexibility index (Phi) is 33.0. The van der Waals surface area contributed by atoms with Crippen molar-refractivity contribution in [2.75, 3.05) is 60.0 Å². The van der Waals surface area contributed by atoms with Crippen LogP contribution in [0, 0.1) is 0 Å². The monoisotopic (exact) mass is 792 g/mol. The minimum atomic E-state index is -2.24. The number of aliphatic carboxylic acids is 1. The Hall–Kier alpha value is -3.34. The Morgan fingerprint density at radius 3 is 1.13 bits per heavy atom. The average Bonchev–Trinajstić information content (AvgIpc) is 3.15. The lowest BCUT2D eigenvalue weighted by Gasteiger charge is -2.34. The Morgan fingerprint density at radius 1 is 0.436 bits per heavy atom. The van der Waals surface area contributed by atoms with Crippen LogP contribution < -0.4 is 0 Å². The second-order valence-electron chi connectivity index (χ2n) is 12.9. The summed E-state index contributed by atoms with van der Waals surface area (Å²) in [7, 11) is 1.58. The van der Waals surface area contributed by atoms with E-state index in [1.807, 2.05) is 27.7 Å². The van der Waals surface area contributed by atoms with E-state index in [1.165, 1.54) is 0 Å². The zero-order valence-corrected chi connectivity index (χ0v) is 33.9. The van der Waals surface area contributed by atoms with Gasteiger partial charge in [-0.3, -0.25) is 19.2 Å². The molecule has 0 aliphatic heterocycles. The van der Waals surface area contributed by atoms with Gasteiger partial charge in [-0.15, -0.1) is 0 Å². The van der Waals surface area contributed by atoms with E-state index in [0.717, 1.165) is 25.7 Å². The van der Waals surface area contributed by atoms with Gasteiger partial charge >= 0.3 is 35.8 Å². The highest BCUT2D eigenvalue weighted by atomic mass is 16.7. The van der Waals surface area contributed by atoms with Crippen molar-refractivity contribution in [1.29, 1.82) is 0 Å². The first kappa shape index (κ1) is 51.7. The normalized spacial score (nSPS) is 13.3.